The van der Waals surface area contributed by atoms with E-state index < -0.39 is 0 Å². The Morgan fingerprint density at radius 2 is 2.21 bits per heavy atom. The standard InChI is InChI=1S/C13H19ClN4O/c1-8-5-17(7-11(8)15)12-10(14)4-16-18(13(12)19)6-9-2-3-9/h4,8-9,11H,2-3,5-7,15H2,1H3. The van der Waals surface area contributed by atoms with Crippen LogP contribution in [0.15, 0.2) is 11.0 Å². The highest BCUT2D eigenvalue weighted by molar-refractivity contribution is 6.33. The van der Waals surface area contributed by atoms with Crippen molar-refractivity contribution in [3.63, 3.8) is 0 Å². The van der Waals surface area contributed by atoms with E-state index in [9.17, 15) is 4.79 Å². The Morgan fingerprint density at radius 1 is 1.47 bits per heavy atom. The lowest BCUT2D eigenvalue weighted by atomic mass is 10.1. The zero-order valence-electron chi connectivity index (χ0n) is 11.1. The molecule has 1 aromatic heterocycles. The molecule has 1 aliphatic heterocycles. The molecule has 2 heterocycles. The fourth-order valence-electron chi connectivity index (χ4n) is 2.59. The molecule has 2 fully saturated rings. The van der Waals surface area contributed by atoms with Gasteiger partial charge in [-0.15, -0.1) is 0 Å². The van der Waals surface area contributed by atoms with E-state index >= 15 is 0 Å². The van der Waals surface area contributed by atoms with Gasteiger partial charge in [0.25, 0.3) is 5.56 Å². The van der Waals surface area contributed by atoms with Crippen LogP contribution in [0.5, 0.6) is 0 Å². The lowest BCUT2D eigenvalue weighted by molar-refractivity contribution is 0.532. The van der Waals surface area contributed by atoms with Gasteiger partial charge in [-0.1, -0.05) is 18.5 Å². The first-order valence-corrected chi connectivity index (χ1v) is 7.20. The summed E-state index contributed by atoms with van der Waals surface area (Å²) in [7, 11) is 0. The first kappa shape index (κ1) is 12.9. The number of hydrogen-bond acceptors (Lipinski definition) is 4. The highest BCUT2D eigenvalue weighted by Crippen LogP contribution is 2.31. The maximum atomic E-state index is 12.5. The fraction of sp³-hybridized carbons (Fsp3) is 0.692. The van der Waals surface area contributed by atoms with Crippen LogP contribution in [-0.4, -0.2) is 28.9 Å². The van der Waals surface area contributed by atoms with Crippen LogP contribution in [0.25, 0.3) is 0 Å². The number of hydrogen-bond donors (Lipinski definition) is 1. The van der Waals surface area contributed by atoms with Crippen molar-refractivity contribution in [1.82, 2.24) is 9.78 Å². The zero-order valence-corrected chi connectivity index (χ0v) is 11.8. The van der Waals surface area contributed by atoms with Gasteiger partial charge in [-0.3, -0.25) is 4.79 Å². The van der Waals surface area contributed by atoms with Gasteiger partial charge >= 0.3 is 0 Å². The van der Waals surface area contributed by atoms with Gasteiger partial charge in [-0.05, 0) is 24.7 Å². The summed E-state index contributed by atoms with van der Waals surface area (Å²) >= 11 is 6.17. The Bertz CT molecular complexity index is 530. The van der Waals surface area contributed by atoms with Crippen molar-refractivity contribution in [2.24, 2.45) is 17.6 Å². The molecule has 0 aromatic carbocycles. The van der Waals surface area contributed by atoms with Gasteiger partial charge < -0.3 is 10.6 Å². The van der Waals surface area contributed by atoms with Crippen LogP contribution in [0.3, 0.4) is 0 Å². The minimum absolute atomic E-state index is 0.0827. The molecule has 5 nitrogen and oxygen atoms in total. The molecule has 0 bridgehead atoms. The number of halogens is 1. The van der Waals surface area contributed by atoms with E-state index in [1.54, 1.807) is 10.9 Å². The minimum atomic E-state index is -0.0827. The lowest BCUT2D eigenvalue weighted by Crippen LogP contribution is -2.34. The summed E-state index contributed by atoms with van der Waals surface area (Å²) in [4.78, 5) is 14.5. The molecule has 2 atom stereocenters. The number of nitrogens with two attached hydrogens (primary N) is 1. The first-order chi connectivity index (χ1) is 9.06. The number of anilines is 1. The molecule has 3 rings (SSSR count). The Balaban J connectivity index is 1.93. The third kappa shape index (κ3) is 2.49. The summed E-state index contributed by atoms with van der Waals surface area (Å²) in [5.74, 6) is 0.986. The average molecular weight is 283 g/mol. The summed E-state index contributed by atoms with van der Waals surface area (Å²) < 4.78 is 1.55. The molecule has 1 aromatic rings. The van der Waals surface area contributed by atoms with E-state index in [1.807, 2.05) is 4.90 Å². The van der Waals surface area contributed by atoms with Gasteiger partial charge in [0.2, 0.25) is 0 Å². The first-order valence-electron chi connectivity index (χ1n) is 6.82. The summed E-state index contributed by atoms with van der Waals surface area (Å²) in [6.45, 7) is 4.27. The number of rotatable bonds is 3. The van der Waals surface area contributed by atoms with Crippen LogP contribution in [-0.2, 0) is 6.54 Å². The smallest absolute Gasteiger partial charge is 0.291 e. The van der Waals surface area contributed by atoms with Crippen molar-refractivity contribution in [2.75, 3.05) is 18.0 Å². The van der Waals surface area contributed by atoms with Crippen LogP contribution in [0.4, 0.5) is 5.69 Å². The van der Waals surface area contributed by atoms with Crippen LogP contribution in [0.2, 0.25) is 5.02 Å². The van der Waals surface area contributed by atoms with Crippen LogP contribution in [0, 0.1) is 11.8 Å². The molecule has 0 spiro atoms. The summed E-state index contributed by atoms with van der Waals surface area (Å²) in [6, 6.07) is 0.0977. The van der Waals surface area contributed by atoms with Crippen molar-refractivity contribution >= 4 is 17.3 Å². The topological polar surface area (TPSA) is 64.2 Å². The molecular weight excluding hydrogens is 264 g/mol. The van der Waals surface area contributed by atoms with Crippen molar-refractivity contribution in [1.29, 1.82) is 0 Å². The molecular formula is C13H19ClN4O. The third-order valence-corrected chi connectivity index (χ3v) is 4.37. The highest BCUT2D eigenvalue weighted by Gasteiger charge is 2.31. The second-order valence-electron chi connectivity index (χ2n) is 5.82. The van der Waals surface area contributed by atoms with Crippen molar-refractivity contribution in [3.05, 3.63) is 21.6 Å². The SMILES string of the molecule is CC1CN(c2c(Cl)cnn(CC3CC3)c2=O)CC1N. The monoisotopic (exact) mass is 282 g/mol. The maximum Gasteiger partial charge on any atom is 0.291 e. The summed E-state index contributed by atoms with van der Waals surface area (Å²) in [5, 5.41) is 4.57. The number of nitrogens with zero attached hydrogens (tertiary/aromatic N) is 3. The Morgan fingerprint density at radius 3 is 2.79 bits per heavy atom. The van der Waals surface area contributed by atoms with Crippen LogP contribution in [0.1, 0.15) is 19.8 Å². The Labute approximate surface area is 117 Å². The molecule has 2 aliphatic rings. The lowest BCUT2D eigenvalue weighted by Gasteiger charge is -2.19. The molecule has 0 radical (unpaired) electrons. The zero-order chi connectivity index (χ0) is 13.6. The molecule has 0 amide bonds. The molecule has 19 heavy (non-hydrogen) atoms. The van der Waals surface area contributed by atoms with Crippen LogP contribution >= 0.6 is 11.6 Å². The van der Waals surface area contributed by atoms with Gasteiger partial charge in [0.15, 0.2) is 0 Å². The van der Waals surface area contributed by atoms with Crippen molar-refractivity contribution < 1.29 is 0 Å². The van der Waals surface area contributed by atoms with Gasteiger partial charge in [-0.2, -0.15) is 5.10 Å². The van der Waals surface area contributed by atoms with Crippen LogP contribution < -0.4 is 16.2 Å². The fourth-order valence-corrected chi connectivity index (χ4v) is 2.84. The van der Waals surface area contributed by atoms with Crippen molar-refractivity contribution in [2.45, 2.75) is 32.4 Å². The van der Waals surface area contributed by atoms with Gasteiger partial charge in [0.1, 0.15) is 5.69 Å². The van der Waals surface area contributed by atoms with E-state index in [2.05, 4.69) is 12.0 Å². The highest BCUT2D eigenvalue weighted by atomic mass is 35.5. The normalized spacial score (nSPS) is 27.0. The van der Waals surface area contributed by atoms with E-state index in [0.29, 0.717) is 35.6 Å². The predicted molar refractivity (Wildman–Crippen MR) is 75.6 cm³/mol. The minimum Gasteiger partial charge on any atom is -0.364 e. The molecule has 2 N–H and O–H groups in total. The van der Waals surface area contributed by atoms with Gasteiger partial charge in [-0.25, -0.2) is 4.68 Å². The largest absolute Gasteiger partial charge is 0.364 e. The summed E-state index contributed by atoms with van der Waals surface area (Å²) in [6.07, 6.45) is 3.96. The second kappa shape index (κ2) is 4.80. The Kier molecular flexibility index (Phi) is 3.27. The van der Waals surface area contributed by atoms with E-state index in [0.717, 1.165) is 6.54 Å². The predicted octanol–water partition coefficient (Wildman–Crippen LogP) is 1.09. The van der Waals surface area contributed by atoms with Gasteiger partial charge in [0.05, 0.1) is 11.2 Å². The van der Waals surface area contributed by atoms with E-state index in [1.165, 1.54) is 12.8 Å². The molecule has 1 aliphatic carbocycles. The third-order valence-electron chi connectivity index (χ3n) is 4.09. The average Bonchev–Trinajstić information content (AvgIpc) is 3.11. The quantitative estimate of drug-likeness (QED) is 0.901. The van der Waals surface area contributed by atoms with E-state index in [-0.39, 0.29) is 11.6 Å². The van der Waals surface area contributed by atoms with E-state index in [4.69, 9.17) is 17.3 Å². The second-order valence-corrected chi connectivity index (χ2v) is 6.23. The molecule has 1 saturated heterocycles. The molecule has 1 saturated carbocycles. The molecule has 104 valence electrons. The van der Waals surface area contributed by atoms with Crippen molar-refractivity contribution in [3.8, 4) is 0 Å². The number of aromatic nitrogens is 2. The summed E-state index contributed by atoms with van der Waals surface area (Å²) in [5.41, 5.74) is 6.51. The maximum absolute atomic E-state index is 12.5. The Hall–Kier alpha value is -1.07. The molecule has 2 unspecified atom stereocenters. The van der Waals surface area contributed by atoms with Gasteiger partial charge in [0, 0.05) is 25.7 Å². The molecule has 6 heteroatoms.